The average molecular weight is 275 g/mol. The first-order valence-corrected chi connectivity index (χ1v) is 6.69. The van der Waals surface area contributed by atoms with E-state index in [4.69, 9.17) is 21.6 Å². The van der Waals surface area contributed by atoms with Crippen LogP contribution in [0.15, 0.2) is 18.2 Å². The number of rotatable bonds is 5. The van der Waals surface area contributed by atoms with Gasteiger partial charge in [-0.2, -0.15) is 5.26 Å². The Morgan fingerprint density at radius 2 is 2.24 bits per heavy atom. The normalized spacial score (nSPS) is 10.9. The zero-order valence-corrected chi connectivity index (χ0v) is 10.7. The number of hydrogen-bond acceptors (Lipinski definition) is 4. The summed E-state index contributed by atoms with van der Waals surface area (Å²) in [6, 6.07) is 6.59. The van der Waals surface area contributed by atoms with Crippen molar-refractivity contribution in [2.45, 2.75) is 6.54 Å². The van der Waals surface area contributed by atoms with Crippen LogP contribution < -0.4 is 9.46 Å². The number of sulfonamides is 1. The van der Waals surface area contributed by atoms with Crippen LogP contribution in [0.5, 0.6) is 5.75 Å². The number of nitrogens with zero attached hydrogens (tertiary/aromatic N) is 1. The highest BCUT2D eigenvalue weighted by molar-refractivity contribution is 7.89. The number of methoxy groups -OCH3 is 1. The van der Waals surface area contributed by atoms with Crippen molar-refractivity contribution < 1.29 is 13.2 Å². The fraction of sp³-hybridized carbons (Fsp3) is 0.300. The monoisotopic (exact) mass is 274 g/mol. The zero-order chi connectivity index (χ0) is 12.9. The van der Waals surface area contributed by atoms with Gasteiger partial charge in [-0.1, -0.05) is 17.7 Å². The molecule has 7 heteroatoms. The van der Waals surface area contributed by atoms with E-state index in [0.29, 0.717) is 16.3 Å². The molecule has 0 aliphatic carbocycles. The van der Waals surface area contributed by atoms with E-state index in [0.717, 1.165) is 0 Å². The summed E-state index contributed by atoms with van der Waals surface area (Å²) in [5.41, 5.74) is 0.540. The lowest BCUT2D eigenvalue weighted by atomic mass is 10.2. The molecule has 0 fully saturated rings. The highest BCUT2D eigenvalue weighted by Crippen LogP contribution is 2.25. The topological polar surface area (TPSA) is 79.2 Å². The van der Waals surface area contributed by atoms with Crippen molar-refractivity contribution in [3.63, 3.8) is 0 Å². The molecule has 1 N–H and O–H groups in total. The second kappa shape index (κ2) is 5.87. The molecule has 0 spiro atoms. The lowest BCUT2D eigenvalue weighted by Crippen LogP contribution is -2.25. The summed E-state index contributed by atoms with van der Waals surface area (Å²) in [6.45, 7) is -0.00708. The van der Waals surface area contributed by atoms with E-state index in [9.17, 15) is 8.42 Å². The second-order valence-electron chi connectivity index (χ2n) is 3.16. The lowest BCUT2D eigenvalue weighted by Gasteiger charge is -2.10. The molecule has 0 unspecified atom stereocenters. The van der Waals surface area contributed by atoms with Crippen LogP contribution >= 0.6 is 11.6 Å². The molecular weight excluding hydrogens is 264 g/mol. The maximum absolute atomic E-state index is 11.3. The molecule has 0 bridgehead atoms. The molecule has 0 saturated heterocycles. The fourth-order valence-corrected chi connectivity index (χ4v) is 2.09. The van der Waals surface area contributed by atoms with Gasteiger partial charge in [0.25, 0.3) is 0 Å². The Bertz CT molecular complexity index is 537. The van der Waals surface area contributed by atoms with Crippen LogP contribution in [0.3, 0.4) is 0 Å². The van der Waals surface area contributed by atoms with Crippen LogP contribution in [0.2, 0.25) is 5.02 Å². The highest BCUT2D eigenvalue weighted by atomic mass is 35.5. The number of halogens is 1. The lowest BCUT2D eigenvalue weighted by molar-refractivity contribution is 0.409. The SMILES string of the molecule is COc1cccc(Cl)c1CNS(=O)(=O)CC#N. The first kappa shape index (κ1) is 13.8. The molecule has 5 nitrogen and oxygen atoms in total. The summed E-state index contributed by atoms with van der Waals surface area (Å²) in [5, 5.41) is 8.74. The van der Waals surface area contributed by atoms with E-state index in [1.54, 1.807) is 24.3 Å². The van der Waals surface area contributed by atoms with Crippen LogP contribution in [-0.4, -0.2) is 21.3 Å². The first-order chi connectivity index (χ1) is 8.00. The van der Waals surface area contributed by atoms with Crippen molar-refractivity contribution in [3.8, 4) is 11.8 Å². The minimum Gasteiger partial charge on any atom is -0.496 e. The van der Waals surface area contributed by atoms with Gasteiger partial charge >= 0.3 is 0 Å². The first-order valence-electron chi connectivity index (χ1n) is 4.66. The molecule has 0 aromatic heterocycles. The van der Waals surface area contributed by atoms with Crippen molar-refractivity contribution in [2.24, 2.45) is 0 Å². The number of benzene rings is 1. The van der Waals surface area contributed by atoms with E-state index >= 15 is 0 Å². The Balaban J connectivity index is 2.87. The van der Waals surface area contributed by atoms with Crippen molar-refractivity contribution in [3.05, 3.63) is 28.8 Å². The molecule has 0 aliphatic rings. The van der Waals surface area contributed by atoms with E-state index in [1.165, 1.54) is 7.11 Å². The molecule has 1 aromatic carbocycles. The molecule has 1 rings (SSSR count). The van der Waals surface area contributed by atoms with Crippen LogP contribution in [0, 0.1) is 11.3 Å². The maximum atomic E-state index is 11.3. The van der Waals surface area contributed by atoms with Gasteiger partial charge in [0.1, 0.15) is 5.75 Å². The second-order valence-corrected chi connectivity index (χ2v) is 5.37. The van der Waals surface area contributed by atoms with E-state index in [2.05, 4.69) is 4.72 Å². The number of hydrogen-bond donors (Lipinski definition) is 1. The molecule has 17 heavy (non-hydrogen) atoms. The summed E-state index contributed by atoms with van der Waals surface area (Å²) in [6.07, 6.45) is 0. The van der Waals surface area contributed by atoms with E-state index < -0.39 is 15.8 Å². The molecule has 0 heterocycles. The van der Waals surface area contributed by atoms with Gasteiger partial charge in [0.2, 0.25) is 10.0 Å². The molecule has 0 saturated carbocycles. The van der Waals surface area contributed by atoms with Gasteiger partial charge in [-0.25, -0.2) is 13.1 Å². The van der Waals surface area contributed by atoms with Crippen molar-refractivity contribution in [1.29, 1.82) is 5.26 Å². The van der Waals surface area contributed by atoms with E-state index in [1.807, 2.05) is 0 Å². The molecule has 0 radical (unpaired) electrons. The maximum Gasteiger partial charge on any atom is 0.225 e. The van der Waals surface area contributed by atoms with E-state index in [-0.39, 0.29) is 6.54 Å². The summed E-state index contributed by atoms with van der Waals surface area (Å²) in [7, 11) is -2.13. The standard InChI is InChI=1S/C10H11ClN2O3S/c1-16-10-4-2-3-9(11)8(10)7-13-17(14,15)6-5-12/h2-4,13H,6-7H2,1H3. The van der Waals surface area contributed by atoms with Crippen LogP contribution in [-0.2, 0) is 16.6 Å². The highest BCUT2D eigenvalue weighted by Gasteiger charge is 2.13. The van der Waals surface area contributed by atoms with Gasteiger partial charge in [0.05, 0.1) is 13.2 Å². The number of ether oxygens (including phenoxy) is 1. The molecule has 92 valence electrons. The summed E-state index contributed by atoms with van der Waals surface area (Å²) < 4.78 is 29.9. The Morgan fingerprint density at radius 3 is 2.82 bits per heavy atom. The van der Waals surface area contributed by atoms with Gasteiger partial charge < -0.3 is 4.74 Å². The van der Waals surface area contributed by atoms with Crippen LogP contribution in [0.1, 0.15) is 5.56 Å². The van der Waals surface area contributed by atoms with Gasteiger partial charge in [-0.3, -0.25) is 0 Å². The van der Waals surface area contributed by atoms with Crippen molar-refractivity contribution in [2.75, 3.05) is 12.9 Å². The van der Waals surface area contributed by atoms with Crippen LogP contribution in [0.25, 0.3) is 0 Å². The molecule has 0 atom stereocenters. The van der Waals surface area contributed by atoms with Crippen molar-refractivity contribution in [1.82, 2.24) is 4.72 Å². The Hall–Kier alpha value is -1.29. The largest absolute Gasteiger partial charge is 0.496 e. The Labute approximate surface area is 105 Å². The number of nitriles is 1. The van der Waals surface area contributed by atoms with Gasteiger partial charge in [-0.05, 0) is 12.1 Å². The minimum absolute atomic E-state index is 0.00708. The Morgan fingerprint density at radius 1 is 1.53 bits per heavy atom. The number of nitrogens with one attached hydrogen (secondary N) is 1. The molecular formula is C10H11ClN2O3S. The quantitative estimate of drug-likeness (QED) is 0.877. The zero-order valence-electron chi connectivity index (χ0n) is 9.10. The molecule has 1 aromatic rings. The van der Waals surface area contributed by atoms with Crippen LogP contribution in [0.4, 0.5) is 0 Å². The van der Waals surface area contributed by atoms with Gasteiger partial charge in [0.15, 0.2) is 5.75 Å². The van der Waals surface area contributed by atoms with Gasteiger partial charge in [0, 0.05) is 17.1 Å². The third-order valence-corrected chi connectivity index (χ3v) is 3.47. The van der Waals surface area contributed by atoms with Crippen molar-refractivity contribution >= 4 is 21.6 Å². The van der Waals surface area contributed by atoms with Gasteiger partial charge in [-0.15, -0.1) is 0 Å². The summed E-state index contributed by atoms with van der Waals surface area (Å²) in [4.78, 5) is 0. The predicted octanol–water partition coefficient (Wildman–Crippen LogP) is 1.29. The predicted molar refractivity (Wildman–Crippen MR) is 64.2 cm³/mol. The Kier molecular flexibility index (Phi) is 4.75. The molecule has 0 aliphatic heterocycles. The third-order valence-electron chi connectivity index (χ3n) is 2.02. The third kappa shape index (κ3) is 3.89. The molecule has 0 amide bonds. The minimum atomic E-state index is -3.60. The summed E-state index contributed by atoms with van der Waals surface area (Å²) >= 11 is 5.93. The average Bonchev–Trinajstić information content (AvgIpc) is 2.27. The smallest absolute Gasteiger partial charge is 0.225 e. The summed E-state index contributed by atoms with van der Waals surface area (Å²) in [5.74, 6) is -0.0862. The fourth-order valence-electron chi connectivity index (χ4n) is 1.22.